The second kappa shape index (κ2) is 5.78. The third-order valence-corrected chi connectivity index (χ3v) is 5.73. The van der Waals surface area contributed by atoms with Crippen molar-refractivity contribution in [2.45, 2.75) is 32.3 Å². The first-order valence-electron chi connectivity index (χ1n) is 7.77. The summed E-state index contributed by atoms with van der Waals surface area (Å²) in [6.07, 6.45) is 3.49. The average Bonchev–Trinajstić information content (AvgIpc) is 2.85. The number of fused-ring (bicyclic) bond motifs is 1. The van der Waals surface area contributed by atoms with E-state index in [9.17, 15) is 0 Å². The molecule has 0 aromatic heterocycles. The van der Waals surface area contributed by atoms with E-state index in [1.807, 2.05) is 19.2 Å². The van der Waals surface area contributed by atoms with Crippen molar-refractivity contribution >= 4 is 18.2 Å². The summed E-state index contributed by atoms with van der Waals surface area (Å²) >= 11 is 4.82. The first-order chi connectivity index (χ1) is 10.5. The van der Waals surface area contributed by atoms with Crippen LogP contribution in [0.25, 0.3) is 5.57 Å². The molecular weight excluding hydrogens is 292 g/mol. The first-order valence-corrected chi connectivity index (χ1v) is 8.21. The summed E-state index contributed by atoms with van der Waals surface area (Å²) in [5.74, 6) is 1.35. The van der Waals surface area contributed by atoms with Crippen LogP contribution in [0.3, 0.4) is 0 Å². The SMILES string of the molecule is C=C1C(c2ccc(OC)cc2)=C(S)C[C@@]2(C)C[C@@H](OC)C[C@H]12. The van der Waals surface area contributed by atoms with Crippen LogP contribution in [0.4, 0.5) is 0 Å². The quantitative estimate of drug-likeness (QED) is 0.813. The summed E-state index contributed by atoms with van der Waals surface area (Å²) in [4.78, 5) is 1.14. The van der Waals surface area contributed by atoms with Crippen molar-refractivity contribution in [3.8, 4) is 5.75 Å². The van der Waals surface area contributed by atoms with Crippen LogP contribution in [0.5, 0.6) is 5.75 Å². The Bertz CT molecular complexity index is 617. The zero-order valence-electron chi connectivity index (χ0n) is 13.6. The van der Waals surface area contributed by atoms with Gasteiger partial charge in [-0.25, -0.2) is 0 Å². The number of benzene rings is 1. The molecule has 2 aliphatic carbocycles. The maximum absolute atomic E-state index is 5.62. The molecular formula is C19H24O2S. The summed E-state index contributed by atoms with van der Waals surface area (Å²) in [5, 5.41) is 0. The van der Waals surface area contributed by atoms with Crippen LogP contribution >= 0.6 is 12.6 Å². The summed E-state index contributed by atoms with van der Waals surface area (Å²) < 4.78 is 10.9. The van der Waals surface area contributed by atoms with Crippen LogP contribution in [0, 0.1) is 11.3 Å². The van der Waals surface area contributed by atoms with E-state index in [1.54, 1.807) is 7.11 Å². The molecule has 1 saturated carbocycles. The number of allylic oxidation sites excluding steroid dienone is 3. The van der Waals surface area contributed by atoms with Crippen LogP contribution in [0.15, 0.2) is 41.3 Å². The number of hydrogen-bond donors (Lipinski definition) is 1. The monoisotopic (exact) mass is 316 g/mol. The second-order valence-electron chi connectivity index (χ2n) is 6.76. The fraction of sp³-hybridized carbons (Fsp3) is 0.474. The highest BCUT2D eigenvalue weighted by Crippen LogP contribution is 2.58. The molecule has 0 unspecified atom stereocenters. The summed E-state index contributed by atoms with van der Waals surface area (Å²) in [5.41, 5.74) is 3.83. The van der Waals surface area contributed by atoms with Crippen molar-refractivity contribution in [1.82, 2.24) is 0 Å². The van der Waals surface area contributed by atoms with E-state index in [-0.39, 0.29) is 5.41 Å². The number of methoxy groups -OCH3 is 2. The maximum atomic E-state index is 5.62. The minimum Gasteiger partial charge on any atom is -0.497 e. The van der Waals surface area contributed by atoms with Crippen molar-refractivity contribution in [2.75, 3.05) is 14.2 Å². The number of thiol groups is 1. The van der Waals surface area contributed by atoms with E-state index < -0.39 is 0 Å². The highest BCUT2D eigenvalue weighted by Gasteiger charge is 2.48. The van der Waals surface area contributed by atoms with Crippen molar-refractivity contribution in [1.29, 1.82) is 0 Å². The summed E-state index contributed by atoms with van der Waals surface area (Å²) in [6.45, 7) is 6.78. The van der Waals surface area contributed by atoms with Crippen molar-refractivity contribution in [2.24, 2.45) is 11.3 Å². The predicted octanol–water partition coefficient (Wildman–Crippen LogP) is 4.73. The lowest BCUT2D eigenvalue weighted by Gasteiger charge is -2.39. The summed E-state index contributed by atoms with van der Waals surface area (Å²) in [7, 11) is 3.50. The Balaban J connectivity index is 1.97. The van der Waals surface area contributed by atoms with Gasteiger partial charge < -0.3 is 9.47 Å². The predicted molar refractivity (Wildman–Crippen MR) is 94.3 cm³/mol. The van der Waals surface area contributed by atoms with E-state index in [2.05, 4.69) is 25.6 Å². The van der Waals surface area contributed by atoms with Gasteiger partial charge in [0.05, 0.1) is 13.2 Å². The molecule has 0 amide bonds. The largest absolute Gasteiger partial charge is 0.497 e. The molecule has 1 fully saturated rings. The summed E-state index contributed by atoms with van der Waals surface area (Å²) in [6, 6.07) is 8.19. The highest BCUT2D eigenvalue weighted by atomic mass is 32.1. The molecule has 2 aliphatic rings. The van der Waals surface area contributed by atoms with Gasteiger partial charge in [0, 0.05) is 7.11 Å². The third kappa shape index (κ3) is 2.50. The van der Waals surface area contributed by atoms with Gasteiger partial charge in [-0.3, -0.25) is 0 Å². The van der Waals surface area contributed by atoms with E-state index in [1.165, 1.54) is 16.7 Å². The number of ether oxygens (including phenoxy) is 2. The van der Waals surface area contributed by atoms with Gasteiger partial charge >= 0.3 is 0 Å². The van der Waals surface area contributed by atoms with Crippen molar-refractivity contribution in [3.05, 3.63) is 46.9 Å². The van der Waals surface area contributed by atoms with Gasteiger partial charge in [0.25, 0.3) is 0 Å². The van der Waals surface area contributed by atoms with Gasteiger partial charge in [-0.1, -0.05) is 25.6 Å². The highest BCUT2D eigenvalue weighted by molar-refractivity contribution is 7.84. The van der Waals surface area contributed by atoms with Crippen molar-refractivity contribution in [3.63, 3.8) is 0 Å². The van der Waals surface area contributed by atoms with Crippen LogP contribution in [0.1, 0.15) is 31.7 Å². The molecule has 1 aromatic rings. The van der Waals surface area contributed by atoms with Gasteiger partial charge in [0.2, 0.25) is 0 Å². The molecule has 0 saturated heterocycles. The molecule has 0 aliphatic heterocycles. The molecule has 3 heteroatoms. The first kappa shape index (κ1) is 15.7. The zero-order chi connectivity index (χ0) is 15.9. The normalized spacial score (nSPS) is 31.4. The van der Waals surface area contributed by atoms with Gasteiger partial charge in [-0.2, -0.15) is 0 Å². The Morgan fingerprint density at radius 1 is 1.23 bits per heavy atom. The van der Waals surface area contributed by atoms with Gasteiger partial charge in [0.1, 0.15) is 5.75 Å². The molecule has 0 N–H and O–H groups in total. The van der Waals surface area contributed by atoms with E-state index in [0.29, 0.717) is 12.0 Å². The molecule has 0 spiro atoms. The zero-order valence-corrected chi connectivity index (χ0v) is 14.5. The molecule has 3 atom stereocenters. The molecule has 0 heterocycles. The lowest BCUT2D eigenvalue weighted by molar-refractivity contribution is 0.0976. The Labute approximate surface area is 138 Å². The third-order valence-electron chi connectivity index (χ3n) is 5.35. The topological polar surface area (TPSA) is 18.5 Å². The Kier molecular flexibility index (Phi) is 4.13. The minimum absolute atomic E-state index is 0.227. The fourth-order valence-electron chi connectivity index (χ4n) is 4.17. The molecule has 3 rings (SSSR count). The molecule has 1 aromatic carbocycles. The van der Waals surface area contributed by atoms with Crippen molar-refractivity contribution < 1.29 is 9.47 Å². The fourth-order valence-corrected chi connectivity index (χ4v) is 4.81. The number of hydrogen-bond acceptors (Lipinski definition) is 3. The molecule has 2 nitrogen and oxygen atoms in total. The Hall–Kier alpha value is -1.19. The minimum atomic E-state index is 0.227. The lowest BCUT2D eigenvalue weighted by Crippen LogP contribution is -2.28. The molecule has 22 heavy (non-hydrogen) atoms. The van der Waals surface area contributed by atoms with Crippen LogP contribution in [-0.2, 0) is 4.74 Å². The standard InChI is InChI=1S/C19H24O2S/c1-12-16-9-15(21-4)10-19(16,2)11-17(22)18(12)13-5-7-14(20-3)8-6-13/h5-8,15-16,22H,1,9-11H2,2-4H3/t15-,16+,19+/m0/s1. The van der Waals surface area contributed by atoms with Gasteiger partial charge in [-0.05, 0) is 64.3 Å². The van der Waals surface area contributed by atoms with E-state index >= 15 is 0 Å². The Morgan fingerprint density at radius 3 is 2.50 bits per heavy atom. The molecule has 118 valence electrons. The lowest BCUT2D eigenvalue weighted by atomic mass is 9.67. The van der Waals surface area contributed by atoms with Crippen LogP contribution < -0.4 is 4.74 Å². The van der Waals surface area contributed by atoms with Crippen LogP contribution in [-0.4, -0.2) is 20.3 Å². The maximum Gasteiger partial charge on any atom is 0.118 e. The van der Waals surface area contributed by atoms with E-state index in [4.69, 9.17) is 22.1 Å². The number of rotatable bonds is 3. The van der Waals surface area contributed by atoms with Crippen LogP contribution in [0.2, 0.25) is 0 Å². The van der Waals surface area contributed by atoms with Gasteiger partial charge in [0.15, 0.2) is 0 Å². The van der Waals surface area contributed by atoms with E-state index in [0.717, 1.165) is 29.9 Å². The Morgan fingerprint density at radius 2 is 1.91 bits per heavy atom. The molecule has 0 radical (unpaired) electrons. The van der Waals surface area contributed by atoms with Gasteiger partial charge in [-0.15, -0.1) is 12.6 Å². The molecule has 0 bridgehead atoms. The second-order valence-corrected chi connectivity index (χ2v) is 7.30. The smallest absolute Gasteiger partial charge is 0.118 e. The average molecular weight is 316 g/mol.